The van der Waals surface area contributed by atoms with E-state index < -0.39 is 24.9 Å². The van der Waals surface area contributed by atoms with Crippen molar-refractivity contribution in [2.75, 3.05) is 13.1 Å². The molecule has 0 spiro atoms. The molecule has 0 saturated heterocycles. The molecule has 1 rings (SSSR count). The van der Waals surface area contributed by atoms with Crippen LogP contribution in [-0.2, 0) is 0 Å². The Morgan fingerprint density at radius 2 is 2.31 bits per heavy atom. The molecular weight excluding hydrogens is 284 g/mol. The molecule has 0 aliphatic carbocycles. The number of carbonyl (C=O) groups is 1. The summed E-state index contributed by atoms with van der Waals surface area (Å²) < 4.78 is 26.0. The van der Waals surface area contributed by atoms with Gasteiger partial charge in [0.05, 0.1) is 13.1 Å². The van der Waals surface area contributed by atoms with E-state index in [0.29, 0.717) is 4.47 Å². The van der Waals surface area contributed by atoms with Gasteiger partial charge in [-0.05, 0) is 28.1 Å². The van der Waals surface area contributed by atoms with Crippen molar-refractivity contribution in [3.8, 4) is 0 Å². The number of amides is 1. The van der Waals surface area contributed by atoms with Crippen LogP contribution in [0.2, 0.25) is 0 Å². The van der Waals surface area contributed by atoms with Crippen LogP contribution in [0.25, 0.3) is 0 Å². The molecule has 16 heavy (non-hydrogen) atoms. The first-order valence-electron chi connectivity index (χ1n) is 4.43. The third-order valence-electron chi connectivity index (χ3n) is 1.78. The van der Waals surface area contributed by atoms with Crippen LogP contribution in [0.4, 0.5) is 8.78 Å². The second-order valence-corrected chi connectivity index (χ2v) is 3.93. The summed E-state index contributed by atoms with van der Waals surface area (Å²) in [4.78, 5) is 15.2. The van der Waals surface area contributed by atoms with Gasteiger partial charge in [0, 0.05) is 10.7 Å². The molecule has 0 aliphatic rings. The van der Waals surface area contributed by atoms with Crippen LogP contribution in [0, 0.1) is 0 Å². The second-order valence-electron chi connectivity index (χ2n) is 3.08. The van der Waals surface area contributed by atoms with Gasteiger partial charge in [0.15, 0.2) is 0 Å². The van der Waals surface area contributed by atoms with Gasteiger partial charge < -0.3 is 11.1 Å². The first-order valence-corrected chi connectivity index (χ1v) is 5.22. The minimum atomic E-state index is -3.10. The zero-order valence-electron chi connectivity index (χ0n) is 8.21. The van der Waals surface area contributed by atoms with Crippen molar-refractivity contribution in [1.29, 1.82) is 0 Å². The Balaban J connectivity index is 2.64. The van der Waals surface area contributed by atoms with Crippen molar-refractivity contribution in [2.45, 2.75) is 5.92 Å². The Kier molecular flexibility index (Phi) is 4.31. The van der Waals surface area contributed by atoms with Gasteiger partial charge in [0.1, 0.15) is 5.69 Å². The van der Waals surface area contributed by atoms with Gasteiger partial charge in [0.25, 0.3) is 11.8 Å². The average molecular weight is 294 g/mol. The average Bonchev–Trinajstić information content (AvgIpc) is 2.27. The molecule has 0 bridgehead atoms. The Bertz CT molecular complexity index is 387. The Morgan fingerprint density at radius 1 is 1.62 bits per heavy atom. The molecule has 0 saturated carbocycles. The molecule has 1 heterocycles. The minimum absolute atomic E-state index is 0.0651. The Labute approximate surface area is 99.4 Å². The lowest BCUT2D eigenvalue weighted by atomic mass is 10.3. The zero-order chi connectivity index (χ0) is 12.2. The number of pyridine rings is 1. The summed E-state index contributed by atoms with van der Waals surface area (Å²) in [5.74, 6) is -3.77. The van der Waals surface area contributed by atoms with Gasteiger partial charge in [-0.25, -0.2) is 13.8 Å². The van der Waals surface area contributed by atoms with Crippen LogP contribution in [-0.4, -0.2) is 29.9 Å². The molecule has 4 nitrogen and oxygen atoms in total. The molecule has 7 heteroatoms. The van der Waals surface area contributed by atoms with E-state index in [4.69, 9.17) is 5.73 Å². The van der Waals surface area contributed by atoms with Crippen molar-refractivity contribution in [3.63, 3.8) is 0 Å². The number of hydrogen-bond acceptors (Lipinski definition) is 3. The van der Waals surface area contributed by atoms with Gasteiger partial charge in [-0.2, -0.15) is 0 Å². The van der Waals surface area contributed by atoms with Crippen LogP contribution in [0.15, 0.2) is 22.8 Å². The largest absolute Gasteiger partial charge is 0.345 e. The molecule has 1 amide bonds. The highest BCUT2D eigenvalue weighted by molar-refractivity contribution is 9.10. The number of halogens is 3. The molecule has 3 N–H and O–H groups in total. The highest BCUT2D eigenvalue weighted by Gasteiger charge is 2.27. The van der Waals surface area contributed by atoms with Crippen LogP contribution in [0.1, 0.15) is 10.5 Å². The number of hydrogen-bond donors (Lipinski definition) is 2. The number of nitrogens with two attached hydrogens (primary N) is 1. The molecule has 0 aromatic carbocycles. The van der Waals surface area contributed by atoms with Gasteiger partial charge in [-0.15, -0.1) is 0 Å². The lowest BCUT2D eigenvalue weighted by molar-refractivity contribution is 0.0118. The van der Waals surface area contributed by atoms with Gasteiger partial charge in [-0.3, -0.25) is 4.79 Å². The summed E-state index contributed by atoms with van der Waals surface area (Å²) in [5, 5.41) is 2.07. The summed E-state index contributed by atoms with van der Waals surface area (Å²) in [5.41, 5.74) is 4.90. The monoisotopic (exact) mass is 293 g/mol. The summed E-state index contributed by atoms with van der Waals surface area (Å²) in [6.45, 7) is -1.61. The fraction of sp³-hybridized carbons (Fsp3) is 0.333. The lowest BCUT2D eigenvalue weighted by Crippen LogP contribution is -2.41. The summed E-state index contributed by atoms with van der Waals surface area (Å²) in [7, 11) is 0. The molecule has 0 unspecified atom stereocenters. The summed E-state index contributed by atoms with van der Waals surface area (Å²) >= 11 is 3.10. The highest BCUT2D eigenvalue weighted by atomic mass is 79.9. The first kappa shape index (κ1) is 13.0. The molecule has 0 atom stereocenters. The van der Waals surface area contributed by atoms with Crippen molar-refractivity contribution in [2.24, 2.45) is 5.73 Å². The first-order chi connectivity index (χ1) is 7.46. The number of carbonyl (C=O) groups excluding carboxylic acids is 1. The van der Waals surface area contributed by atoms with E-state index in [9.17, 15) is 13.6 Å². The van der Waals surface area contributed by atoms with Crippen LogP contribution >= 0.6 is 15.9 Å². The van der Waals surface area contributed by atoms with Crippen LogP contribution < -0.4 is 11.1 Å². The van der Waals surface area contributed by atoms with Gasteiger partial charge in [0.2, 0.25) is 0 Å². The Morgan fingerprint density at radius 3 is 2.88 bits per heavy atom. The van der Waals surface area contributed by atoms with Crippen molar-refractivity contribution >= 4 is 21.8 Å². The second kappa shape index (κ2) is 5.31. The minimum Gasteiger partial charge on any atom is -0.345 e. The predicted octanol–water partition coefficient (Wildman–Crippen LogP) is 1.17. The number of rotatable bonds is 4. The van der Waals surface area contributed by atoms with E-state index in [1.807, 2.05) is 0 Å². The maximum atomic E-state index is 12.8. The zero-order valence-corrected chi connectivity index (χ0v) is 9.80. The van der Waals surface area contributed by atoms with Crippen LogP contribution in [0.3, 0.4) is 0 Å². The quantitative estimate of drug-likeness (QED) is 0.876. The van der Waals surface area contributed by atoms with E-state index in [1.165, 1.54) is 6.20 Å². The maximum absolute atomic E-state index is 12.8. The molecule has 88 valence electrons. The molecule has 1 aromatic rings. The van der Waals surface area contributed by atoms with Crippen LogP contribution in [0.5, 0.6) is 0 Å². The molecule has 0 aliphatic heterocycles. The SMILES string of the molecule is NCC(F)(F)CNC(=O)c1ncccc1Br. The normalized spacial score (nSPS) is 11.2. The summed E-state index contributed by atoms with van der Waals surface area (Å²) in [6.07, 6.45) is 1.40. The topological polar surface area (TPSA) is 68.0 Å². The van der Waals surface area contributed by atoms with E-state index >= 15 is 0 Å². The van der Waals surface area contributed by atoms with Gasteiger partial charge >= 0.3 is 0 Å². The molecular formula is C9H10BrF2N3O. The number of aromatic nitrogens is 1. The molecule has 1 aromatic heterocycles. The third kappa shape index (κ3) is 3.49. The number of nitrogens with one attached hydrogen (secondary N) is 1. The Hall–Kier alpha value is -1.08. The summed E-state index contributed by atoms with van der Waals surface area (Å²) in [6, 6.07) is 3.22. The third-order valence-corrected chi connectivity index (χ3v) is 2.42. The van der Waals surface area contributed by atoms with E-state index in [-0.39, 0.29) is 5.69 Å². The number of nitrogens with zero attached hydrogens (tertiary/aromatic N) is 1. The highest BCUT2D eigenvalue weighted by Crippen LogP contribution is 2.14. The maximum Gasteiger partial charge on any atom is 0.277 e. The van der Waals surface area contributed by atoms with Crippen molar-refractivity contribution < 1.29 is 13.6 Å². The molecule has 0 radical (unpaired) electrons. The smallest absolute Gasteiger partial charge is 0.277 e. The number of alkyl halides is 2. The lowest BCUT2D eigenvalue weighted by Gasteiger charge is -2.14. The standard InChI is InChI=1S/C9H10BrF2N3O/c10-6-2-1-3-14-7(6)8(16)15-5-9(11,12)4-13/h1-3H,4-5,13H2,(H,15,16). The fourth-order valence-corrected chi connectivity index (χ4v) is 1.35. The fourth-order valence-electron chi connectivity index (χ4n) is 0.918. The van der Waals surface area contributed by atoms with Gasteiger partial charge in [-0.1, -0.05) is 0 Å². The van der Waals surface area contributed by atoms with E-state index in [0.717, 1.165) is 0 Å². The van der Waals surface area contributed by atoms with Crippen molar-refractivity contribution in [3.05, 3.63) is 28.5 Å². The molecule has 0 fully saturated rings. The van der Waals surface area contributed by atoms with Crippen molar-refractivity contribution in [1.82, 2.24) is 10.3 Å². The van der Waals surface area contributed by atoms with E-state index in [1.54, 1.807) is 12.1 Å². The van der Waals surface area contributed by atoms with E-state index in [2.05, 4.69) is 26.2 Å². The predicted molar refractivity (Wildman–Crippen MR) is 58.3 cm³/mol.